The summed E-state index contributed by atoms with van der Waals surface area (Å²) in [4.78, 5) is 32.6. The van der Waals surface area contributed by atoms with Gasteiger partial charge in [-0.15, -0.1) is 0 Å². The Hall–Kier alpha value is -2.49. The summed E-state index contributed by atoms with van der Waals surface area (Å²) in [5.74, 6) is -1.35. The average molecular weight is 388 g/mol. The van der Waals surface area contributed by atoms with Gasteiger partial charge < -0.3 is 9.47 Å². The minimum absolute atomic E-state index is 0.0941. The second kappa shape index (κ2) is 8.83. The van der Waals surface area contributed by atoms with Gasteiger partial charge in [0, 0.05) is 6.07 Å². The number of carbonyl (C=O) groups excluding carboxylic acids is 2. The number of nitrogens with zero attached hydrogens (tertiary/aromatic N) is 2. The number of nitro groups is 1. The van der Waals surface area contributed by atoms with E-state index >= 15 is 0 Å². The van der Waals surface area contributed by atoms with Crippen LogP contribution in [0.1, 0.15) is 6.42 Å². The monoisotopic (exact) mass is 387 g/mol. The molecule has 10 heteroatoms. The molecule has 1 aromatic rings. The van der Waals surface area contributed by atoms with Crippen LogP contribution in [0.2, 0.25) is 0 Å². The van der Waals surface area contributed by atoms with Crippen molar-refractivity contribution in [3.63, 3.8) is 0 Å². The normalized spacial score (nSPS) is 12.2. The molecule has 0 fully saturated rings. The molecular weight excluding hydrogens is 374 g/mol. The Labute approximate surface area is 139 Å². The fourth-order valence-electron chi connectivity index (χ4n) is 1.52. The highest BCUT2D eigenvalue weighted by atomic mass is 79.9. The maximum absolute atomic E-state index is 11.8. The summed E-state index contributed by atoms with van der Waals surface area (Å²) in [6.45, 7) is 0. The van der Waals surface area contributed by atoms with Gasteiger partial charge in [0.05, 0.1) is 30.4 Å². The zero-order valence-electron chi connectivity index (χ0n) is 12.3. The number of anilines is 1. The number of rotatable bonds is 7. The highest BCUT2D eigenvalue weighted by molar-refractivity contribution is 9.10. The Balaban J connectivity index is 3.04. The van der Waals surface area contributed by atoms with E-state index < -0.39 is 21.7 Å². The second-order valence-corrected chi connectivity index (χ2v) is 5.23. The molecule has 0 aliphatic carbocycles. The average Bonchev–Trinajstić information content (AvgIpc) is 2.54. The van der Waals surface area contributed by atoms with Crippen LogP contribution in [0.25, 0.3) is 0 Å². The smallest absolute Gasteiger partial charge is 0.355 e. The topological polar surface area (TPSA) is 120 Å². The SMILES string of the molecule is COC(=O)C[C@@H](Br)/C(=N\Nc1ccccc1[N+](=O)[O-])C(=O)OC. The van der Waals surface area contributed by atoms with Crippen molar-refractivity contribution >= 4 is 45.0 Å². The molecular formula is C13H14BrN3O6. The molecule has 1 N–H and O–H groups in total. The highest BCUT2D eigenvalue weighted by Gasteiger charge is 2.25. The number of alkyl halides is 1. The zero-order valence-corrected chi connectivity index (χ0v) is 13.9. The summed E-state index contributed by atoms with van der Waals surface area (Å²) in [7, 11) is 2.36. The zero-order chi connectivity index (χ0) is 17.4. The number of halogens is 1. The van der Waals surface area contributed by atoms with Gasteiger partial charge in [-0.2, -0.15) is 5.10 Å². The molecule has 0 saturated carbocycles. The number of benzene rings is 1. The lowest BCUT2D eigenvalue weighted by molar-refractivity contribution is -0.384. The molecule has 0 aliphatic heterocycles. The van der Waals surface area contributed by atoms with Crippen molar-refractivity contribution in [1.29, 1.82) is 0 Å². The van der Waals surface area contributed by atoms with Gasteiger partial charge in [-0.1, -0.05) is 28.1 Å². The van der Waals surface area contributed by atoms with E-state index in [1.165, 1.54) is 25.3 Å². The van der Waals surface area contributed by atoms with E-state index in [1.54, 1.807) is 6.07 Å². The maximum Gasteiger partial charge on any atom is 0.355 e. The minimum atomic E-state index is -0.790. The van der Waals surface area contributed by atoms with Crippen LogP contribution in [0.5, 0.6) is 0 Å². The van der Waals surface area contributed by atoms with Gasteiger partial charge in [0.15, 0.2) is 5.71 Å². The number of hydrazone groups is 1. The Morgan fingerprint density at radius 2 is 2.00 bits per heavy atom. The van der Waals surface area contributed by atoms with Crippen molar-refractivity contribution < 1.29 is 24.0 Å². The van der Waals surface area contributed by atoms with Crippen molar-refractivity contribution in [3.8, 4) is 0 Å². The summed E-state index contributed by atoms with van der Waals surface area (Å²) < 4.78 is 9.10. The lowest BCUT2D eigenvalue weighted by atomic mass is 10.2. The van der Waals surface area contributed by atoms with Crippen molar-refractivity contribution in [2.24, 2.45) is 5.10 Å². The fourth-order valence-corrected chi connectivity index (χ4v) is 2.08. The molecule has 0 aromatic heterocycles. The maximum atomic E-state index is 11.8. The lowest BCUT2D eigenvalue weighted by Crippen LogP contribution is -2.29. The van der Waals surface area contributed by atoms with Gasteiger partial charge in [0.2, 0.25) is 0 Å². The Kier molecular flexibility index (Phi) is 7.13. The molecule has 0 aliphatic rings. The summed E-state index contributed by atoms with van der Waals surface area (Å²) in [6.07, 6.45) is -0.164. The predicted molar refractivity (Wildman–Crippen MR) is 85.5 cm³/mol. The molecule has 0 unspecified atom stereocenters. The van der Waals surface area contributed by atoms with E-state index in [2.05, 4.69) is 35.9 Å². The first-order chi connectivity index (χ1) is 10.9. The van der Waals surface area contributed by atoms with Crippen molar-refractivity contribution in [1.82, 2.24) is 0 Å². The number of carbonyl (C=O) groups is 2. The van der Waals surface area contributed by atoms with E-state index in [1.807, 2.05) is 0 Å². The quantitative estimate of drug-likeness (QED) is 0.249. The van der Waals surface area contributed by atoms with Gasteiger partial charge in [0.1, 0.15) is 5.69 Å². The number of para-hydroxylation sites is 2. The van der Waals surface area contributed by atoms with Crippen LogP contribution in [0.15, 0.2) is 29.4 Å². The number of methoxy groups -OCH3 is 2. The molecule has 0 radical (unpaired) electrons. The summed E-state index contributed by atoms with van der Waals surface area (Å²) in [5, 5.41) is 14.8. The number of hydrogen-bond donors (Lipinski definition) is 1. The van der Waals surface area contributed by atoms with Crippen LogP contribution in [0.3, 0.4) is 0 Å². The van der Waals surface area contributed by atoms with Crippen LogP contribution in [0.4, 0.5) is 11.4 Å². The largest absolute Gasteiger partial charge is 0.469 e. The third-order valence-electron chi connectivity index (χ3n) is 2.66. The van der Waals surface area contributed by atoms with E-state index in [4.69, 9.17) is 0 Å². The van der Waals surface area contributed by atoms with Crippen LogP contribution in [-0.4, -0.2) is 41.6 Å². The van der Waals surface area contributed by atoms with Gasteiger partial charge in [0.25, 0.3) is 5.69 Å². The van der Waals surface area contributed by atoms with Crippen LogP contribution in [-0.2, 0) is 19.1 Å². The molecule has 1 atom stereocenters. The van der Waals surface area contributed by atoms with Crippen molar-refractivity contribution in [2.75, 3.05) is 19.6 Å². The van der Waals surface area contributed by atoms with E-state index in [0.717, 1.165) is 7.11 Å². The summed E-state index contributed by atoms with van der Waals surface area (Å²) in [5.41, 5.74) is 2.17. The van der Waals surface area contributed by atoms with Gasteiger partial charge in [-0.3, -0.25) is 20.3 Å². The lowest BCUT2D eigenvalue weighted by Gasteiger charge is -2.11. The molecule has 1 aromatic carbocycles. The van der Waals surface area contributed by atoms with Crippen LogP contribution >= 0.6 is 15.9 Å². The summed E-state index contributed by atoms with van der Waals surface area (Å²) >= 11 is 3.14. The summed E-state index contributed by atoms with van der Waals surface area (Å²) in [6, 6.07) is 5.79. The van der Waals surface area contributed by atoms with Crippen molar-refractivity contribution in [2.45, 2.75) is 11.2 Å². The standard InChI is InChI=1S/C13H14BrN3O6/c1-22-11(18)7-8(14)12(13(19)23-2)16-15-9-5-3-4-6-10(9)17(20)21/h3-6,8,15H,7H2,1-2H3/b16-12+/t8-/m1/s1. The van der Waals surface area contributed by atoms with Crippen LogP contribution < -0.4 is 5.43 Å². The first-order valence-corrected chi connectivity index (χ1v) is 7.18. The molecule has 0 saturated heterocycles. The van der Waals surface area contributed by atoms with E-state index in [9.17, 15) is 19.7 Å². The Morgan fingerprint density at radius 1 is 1.35 bits per heavy atom. The molecule has 0 amide bonds. The third-order valence-corrected chi connectivity index (χ3v) is 3.42. The predicted octanol–water partition coefficient (Wildman–Crippen LogP) is 1.86. The molecule has 124 valence electrons. The first-order valence-electron chi connectivity index (χ1n) is 6.27. The number of hydrogen-bond acceptors (Lipinski definition) is 8. The minimum Gasteiger partial charge on any atom is -0.469 e. The molecule has 0 heterocycles. The van der Waals surface area contributed by atoms with E-state index in [0.29, 0.717) is 0 Å². The number of nitrogens with one attached hydrogen (secondary N) is 1. The van der Waals surface area contributed by atoms with E-state index in [-0.39, 0.29) is 23.5 Å². The molecule has 0 bridgehead atoms. The highest BCUT2D eigenvalue weighted by Crippen LogP contribution is 2.23. The molecule has 0 spiro atoms. The number of esters is 2. The van der Waals surface area contributed by atoms with Gasteiger partial charge in [-0.05, 0) is 6.07 Å². The first kappa shape index (κ1) is 18.6. The molecule has 23 heavy (non-hydrogen) atoms. The van der Waals surface area contributed by atoms with Gasteiger partial charge >= 0.3 is 11.9 Å². The third kappa shape index (κ3) is 5.33. The Bertz CT molecular complexity index is 634. The van der Waals surface area contributed by atoms with Gasteiger partial charge in [-0.25, -0.2) is 4.79 Å². The van der Waals surface area contributed by atoms with Crippen molar-refractivity contribution in [3.05, 3.63) is 34.4 Å². The number of ether oxygens (including phenoxy) is 2. The second-order valence-electron chi connectivity index (χ2n) is 4.12. The number of nitro benzene ring substituents is 1. The molecule has 1 rings (SSSR count). The molecule has 9 nitrogen and oxygen atoms in total. The fraction of sp³-hybridized carbons (Fsp3) is 0.308. The Morgan fingerprint density at radius 3 is 2.57 bits per heavy atom. The van der Waals surface area contributed by atoms with Crippen LogP contribution in [0, 0.1) is 10.1 Å².